The van der Waals surface area contributed by atoms with E-state index in [4.69, 9.17) is 74.6 Å². The number of aliphatic hydroxyl groups excluding tert-OH is 5. The normalized spacial score (nSPS) is 19.9. The van der Waals surface area contributed by atoms with Crippen LogP contribution in [0.25, 0.3) is 0 Å². The summed E-state index contributed by atoms with van der Waals surface area (Å²) in [5, 5.41) is 48.7. The van der Waals surface area contributed by atoms with Gasteiger partial charge in [0.2, 0.25) is 0 Å². The maximum atomic E-state index is 9.63. The van der Waals surface area contributed by atoms with Crippen LogP contribution in [0, 0.1) is 0 Å². The summed E-state index contributed by atoms with van der Waals surface area (Å²) in [6.07, 6.45) is -2.62. The Balaban J connectivity index is 4.28. The molecule has 0 aromatic heterocycles. The van der Waals surface area contributed by atoms with Crippen LogP contribution < -0.4 is 5.19 Å². The molecule has 0 aliphatic heterocycles. The zero-order chi connectivity index (χ0) is 55.6. The Hall–Kier alpha value is 0.0751. The summed E-state index contributed by atoms with van der Waals surface area (Å²) in [7, 11) is -28.9. The molecule has 0 bridgehead atoms. The molecule has 11 atom stereocenters. The first-order valence-electron chi connectivity index (χ1n) is 25.1. The second-order valence-electron chi connectivity index (χ2n) is 20.1. The van der Waals surface area contributed by atoms with Gasteiger partial charge in [-0.05, 0) is 85.6 Å². The highest BCUT2D eigenvalue weighted by Crippen LogP contribution is 2.33. The van der Waals surface area contributed by atoms with Gasteiger partial charge in [-0.1, -0.05) is 30.3 Å². The number of benzene rings is 1. The zero-order valence-electron chi connectivity index (χ0n) is 47.1. The van der Waals surface area contributed by atoms with Gasteiger partial charge in [-0.3, -0.25) is 0 Å². The molecule has 0 radical (unpaired) electrons. The SMILES string of the molecule is CC(CO[Si](C)(O[Si](C)(C)C)O[Si](C)(OCC(C)OCCO)O[Si](C)(OCC(C)OCCO)O[Si](C)(OCC(C)OCCO)O[Si](C)(OCC(C)OCCO)O[Si](C)(O[Si](C)(C)C)c1ccccc1)OCCO. The molecular formula is C43H96O22Si8. The summed E-state index contributed by atoms with van der Waals surface area (Å²) in [4.78, 5) is 0. The van der Waals surface area contributed by atoms with Crippen molar-refractivity contribution in [1.29, 1.82) is 0 Å². The Bertz CT molecular complexity index is 1600. The monoisotopic (exact) mass is 1190 g/mol. The number of hydrogen-bond donors (Lipinski definition) is 5. The maximum Gasteiger partial charge on any atom is 0.483 e. The van der Waals surface area contributed by atoms with E-state index in [1.165, 1.54) is 0 Å². The van der Waals surface area contributed by atoms with Crippen LogP contribution in [0.15, 0.2) is 30.3 Å². The van der Waals surface area contributed by atoms with Gasteiger partial charge in [-0.15, -0.1) is 0 Å². The van der Waals surface area contributed by atoms with Crippen molar-refractivity contribution in [2.75, 3.05) is 99.1 Å². The van der Waals surface area contributed by atoms with E-state index in [0.29, 0.717) is 0 Å². The number of hydrogen-bond acceptors (Lipinski definition) is 22. The van der Waals surface area contributed by atoms with E-state index < -0.39 is 99.7 Å². The van der Waals surface area contributed by atoms with Crippen LogP contribution in [0.5, 0.6) is 0 Å². The van der Waals surface area contributed by atoms with Gasteiger partial charge >= 0.3 is 52.6 Å². The van der Waals surface area contributed by atoms with E-state index in [1.54, 1.807) is 53.5 Å². The summed E-state index contributed by atoms with van der Waals surface area (Å²) < 4.78 is 112. The lowest BCUT2D eigenvalue weighted by Crippen LogP contribution is -2.69. The average Bonchev–Trinajstić information content (AvgIpc) is 3.28. The number of ether oxygens (including phenoxy) is 5. The van der Waals surface area contributed by atoms with Crippen LogP contribution in [-0.2, 0) is 74.6 Å². The quantitative estimate of drug-likeness (QED) is 0.0584. The van der Waals surface area contributed by atoms with Crippen molar-refractivity contribution in [3.8, 4) is 0 Å². The van der Waals surface area contributed by atoms with Gasteiger partial charge in [0.1, 0.15) is 0 Å². The lowest BCUT2D eigenvalue weighted by Gasteiger charge is -2.45. The minimum absolute atomic E-state index is 0.00992. The molecule has 0 saturated carbocycles. The Morgan fingerprint density at radius 3 is 0.795 bits per heavy atom. The standard InChI is InChI=1S/C43H96O22Si8/c1-38(49-28-23-44)33-54-69(13,60-67(9,10)11)62-71(15,56-35-40(3)51-30-25-46)64-73(17,58-37-42(5)53-32-27-48)65-72(16,57-36-41(4)52-31-26-47)63-70(14,55-34-39(2)50-29-24-45)61-68(12,59-66(6,7)8)43-21-19-18-20-22-43/h18-22,38-42,44-48H,23-37H2,1-17H3. The fourth-order valence-corrected chi connectivity index (χ4v) is 39.7. The second-order valence-corrected chi connectivity index (χ2v) is 46.8. The third-order valence-electron chi connectivity index (χ3n) is 9.52. The van der Waals surface area contributed by atoms with E-state index in [9.17, 15) is 25.5 Å². The molecule has 1 rings (SSSR count). The molecule has 0 aliphatic rings. The summed E-state index contributed by atoms with van der Waals surface area (Å²) in [5.41, 5.74) is 0. The van der Waals surface area contributed by atoms with Crippen molar-refractivity contribution in [2.24, 2.45) is 0 Å². The maximum absolute atomic E-state index is 9.63. The van der Waals surface area contributed by atoms with Gasteiger partial charge in [-0.25, -0.2) is 0 Å². The predicted octanol–water partition coefficient (Wildman–Crippen LogP) is 3.67. The summed E-state index contributed by atoms with van der Waals surface area (Å²) in [6.45, 7) is 30.8. The highest BCUT2D eigenvalue weighted by atomic mass is 28.5. The molecule has 30 heteroatoms. The van der Waals surface area contributed by atoms with Gasteiger partial charge in [0.05, 0.1) is 130 Å². The molecule has 432 valence electrons. The van der Waals surface area contributed by atoms with E-state index in [-0.39, 0.29) is 99.1 Å². The van der Waals surface area contributed by atoms with E-state index >= 15 is 0 Å². The first kappa shape index (κ1) is 71.1. The van der Waals surface area contributed by atoms with E-state index in [1.807, 2.05) is 70.4 Å². The van der Waals surface area contributed by atoms with Crippen LogP contribution >= 0.6 is 0 Å². The van der Waals surface area contributed by atoms with Crippen molar-refractivity contribution < 1.29 is 100 Å². The van der Waals surface area contributed by atoms with Gasteiger partial charge < -0.3 is 100 Å². The van der Waals surface area contributed by atoms with Crippen LogP contribution in [0.3, 0.4) is 0 Å². The Kier molecular flexibility index (Phi) is 33.4. The Morgan fingerprint density at radius 2 is 0.562 bits per heavy atom. The highest BCUT2D eigenvalue weighted by Gasteiger charge is 2.61. The first-order chi connectivity index (χ1) is 33.8. The second kappa shape index (κ2) is 34.3. The molecule has 1 aromatic carbocycles. The van der Waals surface area contributed by atoms with E-state index in [0.717, 1.165) is 5.19 Å². The number of aliphatic hydroxyl groups is 5. The average molecular weight is 1190 g/mol. The minimum Gasteiger partial charge on any atom is -0.433 e. The van der Waals surface area contributed by atoms with Crippen molar-refractivity contribution in [2.45, 2.75) is 144 Å². The molecule has 0 fully saturated rings. The molecule has 1 aromatic rings. The Labute approximate surface area is 445 Å². The molecular weight excluding hydrogens is 1090 g/mol. The van der Waals surface area contributed by atoms with Crippen LogP contribution in [0.4, 0.5) is 0 Å². The molecule has 5 N–H and O–H groups in total. The van der Waals surface area contributed by atoms with Gasteiger partial charge in [-0.2, -0.15) is 0 Å². The van der Waals surface area contributed by atoms with Crippen molar-refractivity contribution in [3.05, 3.63) is 30.3 Å². The molecule has 73 heavy (non-hydrogen) atoms. The van der Waals surface area contributed by atoms with Crippen LogP contribution in [0.1, 0.15) is 34.6 Å². The molecule has 0 saturated heterocycles. The number of rotatable bonds is 45. The molecule has 22 nitrogen and oxygen atoms in total. The summed E-state index contributed by atoms with van der Waals surface area (Å²) in [6, 6.07) is 9.67. The topological polar surface area (TPSA) is 258 Å². The zero-order valence-corrected chi connectivity index (χ0v) is 55.1. The first-order valence-corrected chi connectivity index (χ1v) is 45.4. The Morgan fingerprint density at radius 1 is 0.329 bits per heavy atom. The summed E-state index contributed by atoms with van der Waals surface area (Å²) >= 11 is 0. The fourth-order valence-electron chi connectivity index (χ4n) is 6.97. The molecule has 11 unspecified atom stereocenters. The van der Waals surface area contributed by atoms with E-state index in [2.05, 4.69) is 19.6 Å². The van der Waals surface area contributed by atoms with Gasteiger partial charge in [0, 0.05) is 32.7 Å². The summed E-state index contributed by atoms with van der Waals surface area (Å²) in [5.74, 6) is 0. The third-order valence-corrected chi connectivity index (χ3v) is 37.2. The lowest BCUT2D eigenvalue weighted by molar-refractivity contribution is -0.0305. The fraction of sp³-hybridized carbons (Fsp3) is 0.860. The van der Waals surface area contributed by atoms with Gasteiger partial charge in [0.25, 0.3) is 0 Å². The molecule has 0 amide bonds. The third kappa shape index (κ3) is 31.5. The lowest BCUT2D eigenvalue weighted by atomic mass is 10.4. The highest BCUT2D eigenvalue weighted by molar-refractivity contribution is 6.94. The van der Waals surface area contributed by atoms with Crippen molar-refractivity contribution in [3.63, 3.8) is 0 Å². The predicted molar refractivity (Wildman–Crippen MR) is 292 cm³/mol. The van der Waals surface area contributed by atoms with Crippen LogP contribution in [0.2, 0.25) is 78.6 Å². The van der Waals surface area contributed by atoms with Crippen LogP contribution in [-0.4, -0.2) is 224 Å². The largest absolute Gasteiger partial charge is 0.483 e. The van der Waals surface area contributed by atoms with Gasteiger partial charge in [0.15, 0.2) is 16.6 Å². The van der Waals surface area contributed by atoms with Crippen molar-refractivity contribution in [1.82, 2.24) is 0 Å². The minimum atomic E-state index is -4.33. The molecule has 0 spiro atoms. The molecule has 0 aliphatic carbocycles. The molecule has 0 heterocycles. The smallest absolute Gasteiger partial charge is 0.433 e. The van der Waals surface area contributed by atoms with Crippen molar-refractivity contribution >= 4 is 74.4 Å².